The van der Waals surface area contributed by atoms with Gasteiger partial charge < -0.3 is 4.74 Å². The van der Waals surface area contributed by atoms with Crippen molar-refractivity contribution < 1.29 is 14.3 Å². The fourth-order valence-corrected chi connectivity index (χ4v) is 3.76. The number of anilines is 1. The summed E-state index contributed by atoms with van der Waals surface area (Å²) in [7, 11) is 0. The van der Waals surface area contributed by atoms with Gasteiger partial charge in [0.05, 0.1) is 5.56 Å². The van der Waals surface area contributed by atoms with Crippen molar-refractivity contribution in [2.75, 3.05) is 11.1 Å². The van der Waals surface area contributed by atoms with E-state index in [-0.39, 0.29) is 5.91 Å². The van der Waals surface area contributed by atoms with Crippen LogP contribution in [0.2, 0.25) is 0 Å². The molecule has 0 aliphatic carbocycles. The number of esters is 1. The van der Waals surface area contributed by atoms with E-state index in [4.69, 9.17) is 4.74 Å². The number of rotatable bonds is 4. The number of fused-ring (bicyclic) bond motifs is 1. The third kappa shape index (κ3) is 3.12. The van der Waals surface area contributed by atoms with Gasteiger partial charge in [0, 0.05) is 6.42 Å². The van der Waals surface area contributed by atoms with Crippen LogP contribution in [0.5, 0.6) is 0 Å². The molecule has 1 aliphatic heterocycles. The topological polar surface area (TPSA) is 81.2 Å². The third-order valence-electron chi connectivity index (χ3n) is 3.09. The molecule has 1 amide bonds. The van der Waals surface area contributed by atoms with Crippen molar-refractivity contribution in [3.05, 3.63) is 35.4 Å². The first kappa shape index (κ1) is 15.0. The molecule has 1 N–H and O–H groups in total. The highest BCUT2D eigenvalue weighted by Gasteiger charge is 2.31. The van der Waals surface area contributed by atoms with Crippen molar-refractivity contribution >= 4 is 40.1 Å². The molecule has 0 radical (unpaired) electrons. The number of cyclic esters (lactones) is 1. The Labute approximate surface area is 135 Å². The van der Waals surface area contributed by atoms with Crippen LogP contribution in [0, 0.1) is 0 Å². The van der Waals surface area contributed by atoms with Crippen LogP contribution < -0.4 is 5.32 Å². The molecule has 1 aromatic heterocycles. The van der Waals surface area contributed by atoms with Crippen LogP contribution in [0.1, 0.15) is 22.8 Å². The zero-order valence-electron chi connectivity index (χ0n) is 11.7. The molecule has 1 aliphatic rings. The molecule has 0 saturated carbocycles. The molecule has 114 valence electrons. The van der Waals surface area contributed by atoms with E-state index in [0.717, 1.165) is 15.7 Å². The molecule has 0 bridgehead atoms. The number of ether oxygens (including phenoxy) is 1. The molecule has 0 saturated heterocycles. The Hall–Kier alpha value is -1.93. The predicted octanol–water partition coefficient (Wildman–Crippen LogP) is 2.37. The Balaban J connectivity index is 1.69. The van der Waals surface area contributed by atoms with Gasteiger partial charge >= 0.3 is 5.97 Å². The number of carbonyl (C=O) groups excluding carboxylic acids is 2. The van der Waals surface area contributed by atoms with Gasteiger partial charge in [0.2, 0.25) is 5.13 Å². The standard InChI is InChI=1S/C14H13N3O3S2/c1-2-21-14-17-16-13(22-14)15-11(18)10-7-8-5-3-4-6-9(8)12(19)20-10/h3-6,10H,2,7H2,1H3,(H,15,16,18). The zero-order chi connectivity index (χ0) is 15.5. The van der Waals surface area contributed by atoms with Crippen LogP contribution in [0.3, 0.4) is 0 Å². The molecular weight excluding hydrogens is 322 g/mol. The van der Waals surface area contributed by atoms with Crippen LogP contribution in [-0.4, -0.2) is 33.9 Å². The van der Waals surface area contributed by atoms with E-state index in [1.54, 1.807) is 23.9 Å². The van der Waals surface area contributed by atoms with Gasteiger partial charge in [-0.2, -0.15) is 0 Å². The Morgan fingerprint density at radius 2 is 2.27 bits per heavy atom. The molecule has 3 rings (SSSR count). The smallest absolute Gasteiger partial charge is 0.339 e. The summed E-state index contributed by atoms with van der Waals surface area (Å²) in [6.45, 7) is 2.02. The lowest BCUT2D eigenvalue weighted by Crippen LogP contribution is -2.37. The first-order valence-corrected chi connectivity index (χ1v) is 8.53. The molecule has 1 unspecified atom stereocenters. The van der Waals surface area contributed by atoms with Gasteiger partial charge in [0.1, 0.15) is 0 Å². The molecule has 6 nitrogen and oxygen atoms in total. The van der Waals surface area contributed by atoms with E-state index in [9.17, 15) is 9.59 Å². The third-order valence-corrected chi connectivity index (χ3v) is 4.94. The summed E-state index contributed by atoms with van der Waals surface area (Å²) in [5.74, 6) is 0.0353. The van der Waals surface area contributed by atoms with E-state index in [0.29, 0.717) is 17.1 Å². The van der Waals surface area contributed by atoms with Crippen LogP contribution >= 0.6 is 23.1 Å². The highest BCUT2D eigenvalue weighted by Crippen LogP contribution is 2.26. The highest BCUT2D eigenvalue weighted by atomic mass is 32.2. The number of nitrogens with zero attached hydrogens (tertiary/aromatic N) is 2. The SMILES string of the molecule is CCSc1nnc(NC(=O)C2Cc3ccccc3C(=O)O2)s1. The summed E-state index contributed by atoms with van der Waals surface area (Å²) in [5.41, 5.74) is 1.34. The van der Waals surface area contributed by atoms with Crippen molar-refractivity contribution in [3.8, 4) is 0 Å². The Morgan fingerprint density at radius 1 is 1.45 bits per heavy atom. The number of benzene rings is 1. The Morgan fingerprint density at radius 3 is 3.09 bits per heavy atom. The molecule has 0 spiro atoms. The maximum absolute atomic E-state index is 12.2. The van der Waals surface area contributed by atoms with Crippen LogP contribution in [0.15, 0.2) is 28.6 Å². The Kier molecular flexibility index (Phi) is 4.39. The maximum Gasteiger partial charge on any atom is 0.339 e. The van der Waals surface area contributed by atoms with Crippen molar-refractivity contribution in [1.82, 2.24) is 10.2 Å². The summed E-state index contributed by atoms with van der Waals surface area (Å²) in [4.78, 5) is 24.1. The first-order valence-electron chi connectivity index (χ1n) is 6.73. The lowest BCUT2D eigenvalue weighted by molar-refractivity contribution is -0.125. The molecule has 8 heteroatoms. The average Bonchev–Trinajstić information content (AvgIpc) is 2.95. The minimum Gasteiger partial charge on any atom is -0.448 e. The molecular formula is C14H13N3O3S2. The molecule has 0 fully saturated rings. The fourth-order valence-electron chi connectivity index (χ4n) is 2.11. The monoisotopic (exact) mass is 335 g/mol. The van der Waals surface area contributed by atoms with E-state index < -0.39 is 12.1 Å². The lowest BCUT2D eigenvalue weighted by Gasteiger charge is -2.23. The zero-order valence-corrected chi connectivity index (χ0v) is 13.4. The van der Waals surface area contributed by atoms with E-state index in [1.807, 2.05) is 19.1 Å². The summed E-state index contributed by atoms with van der Waals surface area (Å²) < 4.78 is 6.00. The van der Waals surface area contributed by atoms with E-state index in [1.165, 1.54) is 11.3 Å². The molecule has 1 aromatic carbocycles. The number of thioether (sulfide) groups is 1. The number of nitrogens with one attached hydrogen (secondary N) is 1. The predicted molar refractivity (Wildman–Crippen MR) is 84.3 cm³/mol. The average molecular weight is 335 g/mol. The van der Waals surface area contributed by atoms with E-state index >= 15 is 0 Å². The van der Waals surface area contributed by atoms with Gasteiger partial charge in [-0.3, -0.25) is 10.1 Å². The molecule has 2 heterocycles. The minimum absolute atomic E-state index is 0.364. The fraction of sp³-hybridized carbons (Fsp3) is 0.286. The molecule has 1 atom stereocenters. The number of carbonyl (C=O) groups is 2. The van der Waals surface area contributed by atoms with Gasteiger partial charge in [0.25, 0.3) is 5.91 Å². The summed E-state index contributed by atoms with van der Waals surface area (Å²) in [5, 5.41) is 10.9. The second-order valence-electron chi connectivity index (χ2n) is 4.55. The van der Waals surface area contributed by atoms with Gasteiger partial charge in [0.15, 0.2) is 10.4 Å². The quantitative estimate of drug-likeness (QED) is 0.525. The number of hydrogen-bond acceptors (Lipinski definition) is 7. The van der Waals surface area contributed by atoms with Gasteiger partial charge in [-0.1, -0.05) is 48.2 Å². The Bertz CT molecular complexity index is 717. The number of amides is 1. The normalized spacial score (nSPS) is 16.8. The van der Waals surface area contributed by atoms with Crippen LogP contribution in [-0.2, 0) is 16.0 Å². The second kappa shape index (κ2) is 6.45. The largest absolute Gasteiger partial charge is 0.448 e. The van der Waals surface area contributed by atoms with Gasteiger partial charge in [-0.15, -0.1) is 10.2 Å². The van der Waals surface area contributed by atoms with Crippen molar-refractivity contribution in [1.29, 1.82) is 0 Å². The van der Waals surface area contributed by atoms with Crippen molar-refractivity contribution in [2.45, 2.75) is 23.8 Å². The van der Waals surface area contributed by atoms with Crippen LogP contribution in [0.25, 0.3) is 0 Å². The maximum atomic E-state index is 12.2. The van der Waals surface area contributed by atoms with Crippen LogP contribution in [0.4, 0.5) is 5.13 Å². The molecule has 2 aromatic rings. The van der Waals surface area contributed by atoms with Gasteiger partial charge in [-0.05, 0) is 17.4 Å². The summed E-state index contributed by atoms with van der Waals surface area (Å²) >= 11 is 2.86. The number of hydrogen-bond donors (Lipinski definition) is 1. The number of aromatic nitrogens is 2. The van der Waals surface area contributed by atoms with Gasteiger partial charge in [-0.25, -0.2) is 4.79 Å². The van der Waals surface area contributed by atoms with Crippen molar-refractivity contribution in [2.24, 2.45) is 0 Å². The summed E-state index contributed by atoms with van der Waals surface area (Å²) in [6, 6.07) is 7.14. The lowest BCUT2D eigenvalue weighted by atomic mass is 9.98. The highest BCUT2D eigenvalue weighted by molar-refractivity contribution is 8.01. The molecule has 22 heavy (non-hydrogen) atoms. The first-order chi connectivity index (χ1) is 10.7. The van der Waals surface area contributed by atoms with Crippen molar-refractivity contribution in [3.63, 3.8) is 0 Å². The second-order valence-corrected chi connectivity index (χ2v) is 7.04. The minimum atomic E-state index is -0.839. The van der Waals surface area contributed by atoms with E-state index in [2.05, 4.69) is 15.5 Å². The summed E-state index contributed by atoms with van der Waals surface area (Å²) in [6.07, 6.45) is -0.475.